The number of carbonyl (C=O) groups excluding carboxylic acids is 1. The van der Waals surface area contributed by atoms with Gasteiger partial charge >= 0.3 is 0 Å². The average Bonchev–Trinajstić information content (AvgIpc) is 2.82. The predicted octanol–water partition coefficient (Wildman–Crippen LogP) is 4.79. The Labute approximate surface area is 187 Å². The molecule has 3 rings (SSSR count). The molecule has 3 aromatic carbocycles. The average molecular weight is 434 g/mol. The second-order valence-electron chi connectivity index (χ2n) is 7.45. The van der Waals surface area contributed by atoms with E-state index in [9.17, 15) is 14.9 Å². The quantitative estimate of drug-likeness (QED) is 0.366. The Bertz CT molecular complexity index is 1050. The van der Waals surface area contributed by atoms with Gasteiger partial charge in [-0.2, -0.15) is 0 Å². The number of non-ortho nitro benzene ring substituents is 1. The van der Waals surface area contributed by atoms with Crippen LogP contribution in [0, 0.1) is 10.1 Å². The van der Waals surface area contributed by atoms with Crippen molar-refractivity contribution in [3.8, 4) is 22.6 Å². The third-order valence-corrected chi connectivity index (χ3v) is 5.05. The minimum Gasteiger partial charge on any atom is -0.497 e. The van der Waals surface area contributed by atoms with Crippen LogP contribution >= 0.6 is 0 Å². The Morgan fingerprint density at radius 2 is 1.78 bits per heavy atom. The highest BCUT2D eigenvalue weighted by molar-refractivity contribution is 5.79. The molecule has 3 aromatic rings. The van der Waals surface area contributed by atoms with Crippen molar-refractivity contribution >= 4 is 11.6 Å². The number of rotatable bonds is 10. The van der Waals surface area contributed by atoms with Gasteiger partial charge in [0.05, 0.1) is 12.0 Å². The number of nitro groups is 1. The van der Waals surface area contributed by atoms with Crippen molar-refractivity contribution < 1.29 is 19.2 Å². The molecule has 1 amide bonds. The number of methoxy groups -OCH3 is 1. The van der Waals surface area contributed by atoms with Gasteiger partial charge < -0.3 is 14.8 Å². The molecule has 0 heterocycles. The van der Waals surface area contributed by atoms with E-state index in [1.165, 1.54) is 23.8 Å². The predicted molar refractivity (Wildman–Crippen MR) is 123 cm³/mol. The van der Waals surface area contributed by atoms with Crippen LogP contribution in [0.15, 0.2) is 72.8 Å². The number of nitrogens with one attached hydrogen (secondary N) is 1. The molecule has 0 aliphatic carbocycles. The van der Waals surface area contributed by atoms with Crippen LogP contribution in [0.25, 0.3) is 11.1 Å². The first-order valence-corrected chi connectivity index (χ1v) is 10.3. The van der Waals surface area contributed by atoms with Gasteiger partial charge in [-0.3, -0.25) is 14.9 Å². The van der Waals surface area contributed by atoms with Crippen molar-refractivity contribution in [3.63, 3.8) is 0 Å². The topological polar surface area (TPSA) is 90.7 Å². The highest BCUT2D eigenvalue weighted by atomic mass is 16.6. The van der Waals surface area contributed by atoms with Crippen LogP contribution < -0.4 is 14.8 Å². The third kappa shape index (κ3) is 6.31. The van der Waals surface area contributed by atoms with Gasteiger partial charge in [0.1, 0.15) is 11.5 Å². The zero-order valence-electron chi connectivity index (χ0n) is 18.1. The van der Waals surface area contributed by atoms with Gasteiger partial charge in [-0.05, 0) is 49.1 Å². The van der Waals surface area contributed by atoms with Gasteiger partial charge in [-0.15, -0.1) is 0 Å². The van der Waals surface area contributed by atoms with E-state index in [0.29, 0.717) is 17.1 Å². The highest BCUT2D eigenvalue weighted by Crippen LogP contribution is 2.34. The van der Waals surface area contributed by atoms with E-state index in [0.717, 1.165) is 18.4 Å². The van der Waals surface area contributed by atoms with E-state index < -0.39 is 4.92 Å². The van der Waals surface area contributed by atoms with Crippen LogP contribution in [-0.4, -0.2) is 30.6 Å². The van der Waals surface area contributed by atoms with Crippen LogP contribution in [0.2, 0.25) is 0 Å². The van der Waals surface area contributed by atoms with Gasteiger partial charge in [0.2, 0.25) is 0 Å². The number of hydrogen-bond donors (Lipinski definition) is 1. The summed E-state index contributed by atoms with van der Waals surface area (Å²) in [6, 6.07) is 21.5. The molecule has 0 bridgehead atoms. The van der Waals surface area contributed by atoms with Gasteiger partial charge in [-0.25, -0.2) is 0 Å². The standard InChI is InChI=1S/C25H26N2O5/c1-18(8-9-19-6-4-3-5-7-19)26-25(28)17-32-24-15-12-21(27(29)30)16-23(24)20-10-13-22(31-2)14-11-20/h3-7,10-16,18H,8-9,17H2,1-2H3,(H,26,28)/t18-/m1/s1. The number of hydrogen-bond acceptors (Lipinski definition) is 5. The molecule has 32 heavy (non-hydrogen) atoms. The van der Waals surface area contributed by atoms with Crippen molar-refractivity contribution in [1.29, 1.82) is 0 Å². The molecule has 0 radical (unpaired) electrons. The molecular formula is C25H26N2O5. The Balaban J connectivity index is 1.64. The lowest BCUT2D eigenvalue weighted by molar-refractivity contribution is -0.384. The Morgan fingerprint density at radius 3 is 2.44 bits per heavy atom. The van der Waals surface area contributed by atoms with Gasteiger partial charge in [0.25, 0.3) is 11.6 Å². The number of amides is 1. The SMILES string of the molecule is COc1ccc(-c2cc([N+](=O)[O-])ccc2OCC(=O)N[C@H](C)CCc2ccccc2)cc1. The maximum atomic E-state index is 12.4. The summed E-state index contributed by atoms with van der Waals surface area (Å²) in [7, 11) is 1.57. The maximum Gasteiger partial charge on any atom is 0.270 e. The lowest BCUT2D eigenvalue weighted by atomic mass is 10.0. The van der Waals surface area contributed by atoms with Gasteiger partial charge in [0.15, 0.2) is 6.61 Å². The van der Waals surface area contributed by atoms with Crippen molar-refractivity contribution in [3.05, 3.63) is 88.5 Å². The van der Waals surface area contributed by atoms with Gasteiger partial charge in [0, 0.05) is 23.7 Å². The van der Waals surface area contributed by atoms with Gasteiger partial charge in [-0.1, -0.05) is 42.5 Å². The fraction of sp³-hybridized carbons (Fsp3) is 0.240. The summed E-state index contributed by atoms with van der Waals surface area (Å²) in [6.07, 6.45) is 1.68. The minimum atomic E-state index is -0.460. The first-order valence-electron chi connectivity index (χ1n) is 10.3. The first-order chi connectivity index (χ1) is 15.5. The molecule has 166 valence electrons. The van der Waals surface area contributed by atoms with E-state index in [2.05, 4.69) is 17.4 Å². The second-order valence-corrected chi connectivity index (χ2v) is 7.45. The molecule has 1 N–H and O–H groups in total. The summed E-state index contributed by atoms with van der Waals surface area (Å²) in [6.45, 7) is 1.77. The van der Waals surface area contributed by atoms with Crippen molar-refractivity contribution in [2.75, 3.05) is 13.7 Å². The summed E-state index contributed by atoms with van der Waals surface area (Å²) in [5.74, 6) is 0.822. The zero-order chi connectivity index (χ0) is 22.9. The van der Waals surface area contributed by atoms with E-state index in [-0.39, 0.29) is 24.2 Å². The Hall–Kier alpha value is -3.87. The number of nitrogens with zero attached hydrogens (tertiary/aromatic N) is 1. The monoisotopic (exact) mass is 434 g/mol. The molecule has 7 nitrogen and oxygen atoms in total. The molecule has 0 fully saturated rings. The minimum absolute atomic E-state index is 0.00998. The molecular weight excluding hydrogens is 408 g/mol. The number of nitro benzene ring substituents is 1. The molecule has 0 aliphatic heterocycles. The molecule has 0 aromatic heterocycles. The van der Waals surface area contributed by atoms with Crippen LogP contribution in [0.4, 0.5) is 5.69 Å². The van der Waals surface area contributed by atoms with E-state index >= 15 is 0 Å². The summed E-state index contributed by atoms with van der Waals surface area (Å²) in [4.78, 5) is 23.2. The number of carbonyl (C=O) groups is 1. The highest BCUT2D eigenvalue weighted by Gasteiger charge is 2.15. The summed E-state index contributed by atoms with van der Waals surface area (Å²) in [5.41, 5.74) is 2.43. The maximum absolute atomic E-state index is 12.4. The number of benzene rings is 3. The number of ether oxygens (including phenoxy) is 2. The molecule has 0 unspecified atom stereocenters. The summed E-state index contributed by atoms with van der Waals surface area (Å²) < 4.78 is 10.9. The zero-order valence-corrected chi connectivity index (χ0v) is 18.1. The largest absolute Gasteiger partial charge is 0.497 e. The molecule has 0 saturated carbocycles. The van der Waals surface area contributed by atoms with E-state index in [1.807, 2.05) is 25.1 Å². The van der Waals surface area contributed by atoms with Crippen LogP contribution in [0.5, 0.6) is 11.5 Å². The normalized spacial score (nSPS) is 11.4. The van der Waals surface area contributed by atoms with Crippen molar-refractivity contribution in [2.45, 2.75) is 25.8 Å². The van der Waals surface area contributed by atoms with E-state index in [1.54, 1.807) is 31.4 Å². The smallest absolute Gasteiger partial charge is 0.270 e. The lowest BCUT2D eigenvalue weighted by Gasteiger charge is -2.16. The molecule has 0 saturated heterocycles. The second kappa shape index (κ2) is 10.9. The third-order valence-electron chi connectivity index (χ3n) is 5.05. The summed E-state index contributed by atoms with van der Waals surface area (Å²) in [5, 5.41) is 14.2. The first kappa shape index (κ1) is 22.8. The van der Waals surface area contributed by atoms with E-state index in [4.69, 9.17) is 9.47 Å². The van der Waals surface area contributed by atoms with Crippen LogP contribution in [0.1, 0.15) is 18.9 Å². The van der Waals surface area contributed by atoms with Crippen molar-refractivity contribution in [2.24, 2.45) is 0 Å². The molecule has 0 spiro atoms. The Morgan fingerprint density at radius 1 is 1.06 bits per heavy atom. The molecule has 1 atom stereocenters. The molecule has 7 heteroatoms. The van der Waals surface area contributed by atoms with Crippen LogP contribution in [-0.2, 0) is 11.2 Å². The Kier molecular flexibility index (Phi) is 7.80. The number of aryl methyl sites for hydroxylation is 1. The fourth-order valence-electron chi connectivity index (χ4n) is 3.31. The lowest BCUT2D eigenvalue weighted by Crippen LogP contribution is -2.36. The summed E-state index contributed by atoms with van der Waals surface area (Å²) >= 11 is 0. The van der Waals surface area contributed by atoms with Crippen molar-refractivity contribution in [1.82, 2.24) is 5.32 Å². The molecule has 0 aliphatic rings. The van der Waals surface area contributed by atoms with Crippen LogP contribution in [0.3, 0.4) is 0 Å². The fourth-order valence-corrected chi connectivity index (χ4v) is 3.31.